The maximum atomic E-state index is 13.5. The average Bonchev–Trinajstić information content (AvgIpc) is 2.48. The van der Waals surface area contributed by atoms with Gasteiger partial charge in [-0.2, -0.15) is 0 Å². The monoisotopic (exact) mass is 302 g/mol. The lowest BCUT2D eigenvalue weighted by Crippen LogP contribution is -2.36. The molecular weight excluding hydrogens is 287 g/mol. The Morgan fingerprint density at radius 3 is 2.68 bits per heavy atom. The summed E-state index contributed by atoms with van der Waals surface area (Å²) >= 11 is 0. The third-order valence-electron chi connectivity index (χ3n) is 3.85. The van der Waals surface area contributed by atoms with Gasteiger partial charge in [0.2, 0.25) is 0 Å². The molecule has 114 valence electrons. The number of aliphatic hydroxyl groups is 1. The summed E-state index contributed by atoms with van der Waals surface area (Å²) in [5.41, 5.74) is -0.648. The molecule has 0 saturated carbocycles. The van der Waals surface area contributed by atoms with Crippen LogP contribution in [-0.4, -0.2) is 16.2 Å². The van der Waals surface area contributed by atoms with E-state index in [2.05, 4.69) is 0 Å². The van der Waals surface area contributed by atoms with Gasteiger partial charge in [-0.05, 0) is 23.8 Å². The Labute approximate surface area is 126 Å². The fourth-order valence-corrected chi connectivity index (χ4v) is 2.85. The number of fused-ring (bicyclic) bond motifs is 1. The van der Waals surface area contributed by atoms with Crippen LogP contribution in [0.5, 0.6) is 5.75 Å². The number of hydrogen-bond donors (Lipinski definition) is 2. The molecule has 0 amide bonds. The molecule has 0 aromatic heterocycles. The molecule has 0 radical (unpaired) electrons. The molecule has 0 saturated heterocycles. The van der Waals surface area contributed by atoms with E-state index < -0.39 is 29.9 Å². The van der Waals surface area contributed by atoms with E-state index in [-0.39, 0.29) is 12.0 Å². The van der Waals surface area contributed by atoms with Crippen molar-refractivity contribution in [1.29, 1.82) is 0 Å². The predicted octanol–water partition coefficient (Wildman–Crippen LogP) is 3.01. The number of ether oxygens (including phenoxy) is 1. The van der Waals surface area contributed by atoms with Gasteiger partial charge in [0, 0.05) is 12.0 Å². The number of benzene rings is 2. The van der Waals surface area contributed by atoms with Crippen molar-refractivity contribution in [1.82, 2.24) is 0 Å². The lowest BCUT2D eigenvalue weighted by molar-refractivity contribution is -0.145. The second kappa shape index (κ2) is 5.42. The van der Waals surface area contributed by atoms with Crippen molar-refractivity contribution in [3.8, 4) is 5.75 Å². The summed E-state index contributed by atoms with van der Waals surface area (Å²) in [5, 5.41) is 19.9. The van der Waals surface area contributed by atoms with Crippen LogP contribution in [0.3, 0.4) is 0 Å². The molecule has 2 N–H and O–H groups in total. The molecular formula is C17H15FO4. The van der Waals surface area contributed by atoms with Gasteiger partial charge in [-0.3, -0.25) is 4.79 Å². The Bertz CT molecular complexity index is 701. The van der Waals surface area contributed by atoms with Gasteiger partial charge in [0.15, 0.2) is 0 Å². The van der Waals surface area contributed by atoms with E-state index >= 15 is 0 Å². The smallest absolute Gasteiger partial charge is 0.306 e. The minimum absolute atomic E-state index is 0.0553. The van der Waals surface area contributed by atoms with Gasteiger partial charge in [-0.1, -0.05) is 30.3 Å². The topological polar surface area (TPSA) is 66.8 Å². The molecule has 0 unspecified atom stereocenters. The fourth-order valence-electron chi connectivity index (χ4n) is 2.85. The van der Waals surface area contributed by atoms with Crippen LogP contribution in [0, 0.1) is 5.82 Å². The molecule has 22 heavy (non-hydrogen) atoms. The van der Waals surface area contributed by atoms with E-state index in [9.17, 15) is 14.3 Å². The number of halogens is 1. The largest absolute Gasteiger partial charge is 0.485 e. The van der Waals surface area contributed by atoms with Gasteiger partial charge < -0.3 is 14.9 Å². The number of carboxylic acid groups (broad SMARTS) is 1. The first-order valence-corrected chi connectivity index (χ1v) is 6.94. The first-order valence-electron chi connectivity index (χ1n) is 6.94. The van der Waals surface area contributed by atoms with Crippen molar-refractivity contribution < 1.29 is 24.1 Å². The first kappa shape index (κ1) is 14.5. The highest BCUT2D eigenvalue weighted by atomic mass is 19.1. The van der Waals surface area contributed by atoms with Crippen LogP contribution in [0.15, 0.2) is 48.5 Å². The van der Waals surface area contributed by atoms with Crippen molar-refractivity contribution in [2.24, 2.45) is 0 Å². The van der Waals surface area contributed by atoms with Gasteiger partial charge in [-0.15, -0.1) is 0 Å². The summed E-state index contributed by atoms with van der Waals surface area (Å²) in [6.45, 7) is 0. The Morgan fingerprint density at radius 1 is 1.27 bits per heavy atom. The molecule has 0 fully saturated rings. The zero-order valence-corrected chi connectivity index (χ0v) is 11.7. The van der Waals surface area contributed by atoms with Crippen LogP contribution in [0.1, 0.15) is 30.1 Å². The van der Waals surface area contributed by atoms with Crippen molar-refractivity contribution in [3.05, 3.63) is 65.5 Å². The first-order chi connectivity index (χ1) is 10.5. The summed E-state index contributed by atoms with van der Waals surface area (Å²) in [5.74, 6) is -1.37. The highest BCUT2D eigenvalue weighted by molar-refractivity contribution is 5.69. The molecule has 4 nitrogen and oxygen atoms in total. The zero-order chi connectivity index (χ0) is 15.7. The van der Waals surface area contributed by atoms with Crippen LogP contribution in [0.4, 0.5) is 4.39 Å². The summed E-state index contributed by atoms with van der Waals surface area (Å²) in [6.07, 6.45) is -0.931. The SMILES string of the molecule is O=C(O)C[C@]1(O)C[C@@H](c2ccccc2)Oc2ccc(F)cc21. The predicted molar refractivity (Wildman–Crippen MR) is 77.0 cm³/mol. The molecule has 0 bridgehead atoms. The molecule has 1 aliphatic rings. The molecule has 3 rings (SSSR count). The minimum atomic E-state index is -1.66. The lowest BCUT2D eigenvalue weighted by Gasteiger charge is -2.38. The van der Waals surface area contributed by atoms with E-state index in [1.807, 2.05) is 30.3 Å². The number of aliphatic carboxylic acids is 1. The standard InChI is InChI=1S/C17H15FO4/c18-12-6-7-14-13(8-12)17(21,10-16(19)20)9-15(22-14)11-4-2-1-3-5-11/h1-8,15,21H,9-10H2,(H,19,20)/t15-,17+/m0/s1. The van der Waals surface area contributed by atoms with E-state index in [1.165, 1.54) is 12.1 Å². The summed E-state index contributed by atoms with van der Waals surface area (Å²) in [6, 6.07) is 13.0. The van der Waals surface area contributed by atoms with E-state index in [0.717, 1.165) is 11.6 Å². The Balaban J connectivity index is 2.05. The highest BCUT2D eigenvalue weighted by Crippen LogP contribution is 2.46. The fraction of sp³-hybridized carbons (Fsp3) is 0.235. The number of rotatable bonds is 3. The van der Waals surface area contributed by atoms with Crippen LogP contribution in [0.25, 0.3) is 0 Å². The Kier molecular flexibility index (Phi) is 3.58. The van der Waals surface area contributed by atoms with Gasteiger partial charge in [-0.25, -0.2) is 4.39 Å². The van der Waals surface area contributed by atoms with Gasteiger partial charge in [0.05, 0.1) is 6.42 Å². The van der Waals surface area contributed by atoms with E-state index in [1.54, 1.807) is 0 Å². The van der Waals surface area contributed by atoms with Gasteiger partial charge >= 0.3 is 5.97 Å². The highest BCUT2D eigenvalue weighted by Gasteiger charge is 2.42. The van der Waals surface area contributed by atoms with E-state index in [4.69, 9.17) is 9.84 Å². The number of carbonyl (C=O) groups is 1. The van der Waals surface area contributed by atoms with Gasteiger partial charge in [0.25, 0.3) is 0 Å². The molecule has 1 heterocycles. The summed E-state index contributed by atoms with van der Waals surface area (Å²) in [7, 11) is 0. The average molecular weight is 302 g/mol. The number of hydrogen-bond acceptors (Lipinski definition) is 3. The molecule has 2 aromatic rings. The second-order valence-electron chi connectivity index (χ2n) is 5.46. The minimum Gasteiger partial charge on any atom is -0.485 e. The second-order valence-corrected chi connectivity index (χ2v) is 5.46. The maximum Gasteiger partial charge on any atom is 0.306 e. The van der Waals surface area contributed by atoms with Crippen LogP contribution < -0.4 is 4.74 Å². The zero-order valence-electron chi connectivity index (χ0n) is 11.7. The normalized spacial score (nSPS) is 23.5. The van der Waals surface area contributed by atoms with Crippen LogP contribution >= 0.6 is 0 Å². The third-order valence-corrected chi connectivity index (χ3v) is 3.85. The molecule has 1 aliphatic heterocycles. The summed E-state index contributed by atoms with van der Waals surface area (Å²) in [4.78, 5) is 11.1. The van der Waals surface area contributed by atoms with Crippen molar-refractivity contribution in [2.75, 3.05) is 0 Å². The Hall–Kier alpha value is -2.40. The molecule has 2 aromatic carbocycles. The number of carboxylic acids is 1. The maximum absolute atomic E-state index is 13.5. The van der Waals surface area contributed by atoms with Crippen molar-refractivity contribution in [3.63, 3.8) is 0 Å². The lowest BCUT2D eigenvalue weighted by atomic mass is 9.81. The molecule has 0 aliphatic carbocycles. The van der Waals surface area contributed by atoms with Crippen LogP contribution in [0.2, 0.25) is 0 Å². The van der Waals surface area contributed by atoms with Crippen molar-refractivity contribution in [2.45, 2.75) is 24.5 Å². The summed E-state index contributed by atoms with van der Waals surface area (Å²) < 4.78 is 19.3. The van der Waals surface area contributed by atoms with Crippen molar-refractivity contribution >= 4 is 5.97 Å². The van der Waals surface area contributed by atoms with Gasteiger partial charge in [0.1, 0.15) is 23.3 Å². The molecule has 0 spiro atoms. The molecule has 2 atom stereocenters. The quantitative estimate of drug-likeness (QED) is 0.914. The van der Waals surface area contributed by atoms with Crippen LogP contribution in [-0.2, 0) is 10.4 Å². The Morgan fingerprint density at radius 2 is 2.00 bits per heavy atom. The third kappa shape index (κ3) is 2.67. The molecule has 5 heteroatoms. The van der Waals surface area contributed by atoms with E-state index in [0.29, 0.717) is 5.75 Å².